The van der Waals surface area contributed by atoms with E-state index < -0.39 is 6.10 Å². The average Bonchev–Trinajstić information content (AvgIpc) is 3.36. The Morgan fingerprint density at radius 3 is 0.957 bits per heavy atom. The summed E-state index contributed by atoms with van der Waals surface area (Å²) in [6.45, 7) is 6.43. The second-order valence-electron chi connectivity index (χ2n) is 18.8. The number of unbranched alkanes of at least 4 members (excludes halogenated alkanes) is 22. The normalized spacial score (nSPS) is 12.9. The maximum Gasteiger partial charge on any atom is 0.306 e. The van der Waals surface area contributed by atoms with Crippen LogP contribution in [0.5, 0.6) is 0 Å². The van der Waals surface area contributed by atoms with Crippen LogP contribution in [0.4, 0.5) is 0 Å². The molecule has 0 radical (unpaired) electrons. The number of esters is 3. The molecule has 0 N–H and O–H groups in total. The number of carbonyl (C=O) groups is 3. The third kappa shape index (κ3) is 55.0. The van der Waals surface area contributed by atoms with E-state index in [9.17, 15) is 14.4 Å². The van der Waals surface area contributed by atoms with Crippen LogP contribution in [0.25, 0.3) is 0 Å². The smallest absolute Gasteiger partial charge is 0.306 e. The number of hydrogen-bond acceptors (Lipinski definition) is 6. The topological polar surface area (TPSA) is 78.9 Å². The van der Waals surface area contributed by atoms with Gasteiger partial charge in [-0.05, 0) is 122 Å². The monoisotopic (exact) mass is 971 g/mol. The lowest BCUT2D eigenvalue weighted by atomic mass is 10.1. The van der Waals surface area contributed by atoms with Crippen molar-refractivity contribution in [3.05, 3.63) is 109 Å². The number of ether oxygens (including phenoxy) is 3. The molecular formula is C64H106O6. The summed E-state index contributed by atoms with van der Waals surface area (Å²) in [5.41, 5.74) is 0. The van der Waals surface area contributed by atoms with Gasteiger partial charge in [-0.25, -0.2) is 0 Å². The van der Waals surface area contributed by atoms with Gasteiger partial charge >= 0.3 is 17.9 Å². The minimum absolute atomic E-state index is 0.111. The fourth-order valence-electron chi connectivity index (χ4n) is 7.66. The van der Waals surface area contributed by atoms with E-state index in [-0.39, 0.29) is 37.5 Å². The van der Waals surface area contributed by atoms with Crippen LogP contribution in [0.1, 0.15) is 258 Å². The molecule has 0 aliphatic heterocycles. The molecule has 0 spiro atoms. The molecular weight excluding hydrogens is 865 g/mol. The molecule has 1 atom stereocenters. The number of hydrogen-bond donors (Lipinski definition) is 0. The Kier molecular flexibility index (Phi) is 54.4. The lowest BCUT2D eigenvalue weighted by Gasteiger charge is -2.18. The van der Waals surface area contributed by atoms with Crippen molar-refractivity contribution in [2.24, 2.45) is 0 Å². The molecule has 0 saturated carbocycles. The molecule has 0 aromatic heterocycles. The van der Waals surface area contributed by atoms with Gasteiger partial charge in [-0.1, -0.05) is 226 Å². The minimum atomic E-state index is -0.819. The van der Waals surface area contributed by atoms with Gasteiger partial charge in [0.25, 0.3) is 0 Å². The van der Waals surface area contributed by atoms with Crippen LogP contribution in [-0.2, 0) is 28.6 Å². The van der Waals surface area contributed by atoms with Gasteiger partial charge in [0, 0.05) is 19.3 Å². The SMILES string of the molecule is CC/C=C\C/C=C\C/C=C\C/C=C\C/C=C\CCCC(=O)OC(COC(=O)CCCCCCC/C=C\CCCCCCCCC)COC(=O)CCCCCCCC/C=C\C/C=C\C/C=C\CCCCC. The van der Waals surface area contributed by atoms with Crippen LogP contribution in [0.15, 0.2) is 109 Å². The Balaban J connectivity index is 4.52. The first-order valence-corrected chi connectivity index (χ1v) is 28.9. The minimum Gasteiger partial charge on any atom is -0.462 e. The fraction of sp³-hybridized carbons (Fsp3) is 0.672. The number of rotatable bonds is 51. The summed E-state index contributed by atoms with van der Waals surface area (Å²) in [5, 5.41) is 0. The number of allylic oxidation sites excluding steroid dienone is 18. The summed E-state index contributed by atoms with van der Waals surface area (Å²) in [6.07, 6.45) is 77.9. The van der Waals surface area contributed by atoms with Crippen molar-refractivity contribution in [3.63, 3.8) is 0 Å². The maximum atomic E-state index is 12.8. The molecule has 0 bridgehead atoms. The second kappa shape index (κ2) is 57.6. The van der Waals surface area contributed by atoms with Gasteiger partial charge < -0.3 is 14.2 Å². The zero-order valence-corrected chi connectivity index (χ0v) is 45.5. The van der Waals surface area contributed by atoms with E-state index in [0.29, 0.717) is 19.3 Å². The largest absolute Gasteiger partial charge is 0.462 e. The van der Waals surface area contributed by atoms with Gasteiger partial charge in [0.2, 0.25) is 0 Å². The van der Waals surface area contributed by atoms with Gasteiger partial charge in [-0.2, -0.15) is 0 Å². The highest BCUT2D eigenvalue weighted by Gasteiger charge is 2.19. The summed E-state index contributed by atoms with van der Waals surface area (Å²) in [7, 11) is 0. The zero-order valence-electron chi connectivity index (χ0n) is 45.5. The Morgan fingerprint density at radius 1 is 0.300 bits per heavy atom. The molecule has 0 heterocycles. The Bertz CT molecular complexity index is 1440. The molecule has 0 saturated heterocycles. The Hall–Kier alpha value is -3.93. The van der Waals surface area contributed by atoms with Crippen molar-refractivity contribution >= 4 is 17.9 Å². The van der Waals surface area contributed by atoms with Gasteiger partial charge in [0.05, 0.1) is 0 Å². The molecule has 1 unspecified atom stereocenters. The van der Waals surface area contributed by atoms with Crippen LogP contribution >= 0.6 is 0 Å². The highest BCUT2D eigenvalue weighted by atomic mass is 16.6. The zero-order chi connectivity index (χ0) is 50.7. The fourth-order valence-corrected chi connectivity index (χ4v) is 7.66. The van der Waals surface area contributed by atoms with E-state index in [1.807, 2.05) is 0 Å². The molecule has 398 valence electrons. The third-order valence-electron chi connectivity index (χ3n) is 12.0. The summed E-state index contributed by atoms with van der Waals surface area (Å²) in [5.74, 6) is -0.989. The van der Waals surface area contributed by atoms with Crippen LogP contribution in [0, 0.1) is 0 Å². The highest BCUT2D eigenvalue weighted by molar-refractivity contribution is 5.71. The number of carbonyl (C=O) groups excluding carboxylic acids is 3. The molecule has 0 aliphatic carbocycles. The molecule has 6 nitrogen and oxygen atoms in total. The maximum absolute atomic E-state index is 12.8. The van der Waals surface area contributed by atoms with Crippen LogP contribution in [0.2, 0.25) is 0 Å². The highest BCUT2D eigenvalue weighted by Crippen LogP contribution is 2.14. The quantitative estimate of drug-likeness (QED) is 0.0262. The average molecular weight is 972 g/mol. The predicted molar refractivity (Wildman–Crippen MR) is 302 cm³/mol. The third-order valence-corrected chi connectivity index (χ3v) is 12.0. The predicted octanol–water partition coefficient (Wildman–Crippen LogP) is 19.5. The van der Waals surface area contributed by atoms with Gasteiger partial charge in [0.15, 0.2) is 6.10 Å². The van der Waals surface area contributed by atoms with Crippen LogP contribution in [-0.4, -0.2) is 37.2 Å². The van der Waals surface area contributed by atoms with E-state index in [2.05, 4.69) is 130 Å². The Labute approximate surface area is 431 Å². The van der Waals surface area contributed by atoms with E-state index in [4.69, 9.17) is 14.2 Å². The Morgan fingerprint density at radius 2 is 0.571 bits per heavy atom. The summed E-state index contributed by atoms with van der Waals surface area (Å²) in [6, 6.07) is 0. The first-order chi connectivity index (χ1) is 34.5. The van der Waals surface area contributed by atoms with E-state index in [1.165, 1.54) is 96.3 Å². The molecule has 0 fully saturated rings. The summed E-state index contributed by atoms with van der Waals surface area (Å²) in [4.78, 5) is 38.2. The molecule has 0 rings (SSSR count). The van der Waals surface area contributed by atoms with Gasteiger partial charge in [-0.3, -0.25) is 14.4 Å². The first-order valence-electron chi connectivity index (χ1n) is 28.9. The molecule has 0 aromatic rings. The lowest BCUT2D eigenvalue weighted by Crippen LogP contribution is -2.30. The first kappa shape index (κ1) is 66.1. The summed E-state index contributed by atoms with van der Waals surface area (Å²) >= 11 is 0. The van der Waals surface area contributed by atoms with Crippen molar-refractivity contribution in [2.45, 2.75) is 264 Å². The van der Waals surface area contributed by atoms with E-state index in [0.717, 1.165) is 116 Å². The van der Waals surface area contributed by atoms with E-state index >= 15 is 0 Å². The van der Waals surface area contributed by atoms with E-state index in [1.54, 1.807) is 0 Å². The summed E-state index contributed by atoms with van der Waals surface area (Å²) < 4.78 is 16.8. The lowest BCUT2D eigenvalue weighted by molar-refractivity contribution is -0.167. The molecule has 70 heavy (non-hydrogen) atoms. The van der Waals surface area contributed by atoms with Gasteiger partial charge in [-0.15, -0.1) is 0 Å². The van der Waals surface area contributed by atoms with Gasteiger partial charge in [0.1, 0.15) is 13.2 Å². The van der Waals surface area contributed by atoms with Crippen LogP contribution < -0.4 is 0 Å². The standard InChI is InChI=1S/C64H106O6/c1-4-7-10-13-16-19-22-25-28-31-32-34-36-39-42-45-48-51-54-57-63(66)69-60-61(59-68-62(65)56-53-50-47-44-41-38-35-30-27-24-21-18-15-12-9-6-3)70-64(67)58-55-52-49-46-43-40-37-33-29-26-23-20-17-14-11-8-5-2/h8,11,16-17,19-20,25-26,28-30,32,34-35,37,40,46,49,61H,4-7,9-10,12-15,18,21-24,27,31,33,36,38-39,41-45,47-48,50-60H2,1-3H3/b11-8-,19-16-,20-17-,28-25-,29-26-,34-32-,35-30-,40-37-,49-46-. The molecule has 0 amide bonds. The molecule has 0 aliphatic rings. The van der Waals surface area contributed by atoms with Crippen molar-refractivity contribution in [1.82, 2.24) is 0 Å². The molecule has 0 aromatic carbocycles. The van der Waals surface area contributed by atoms with Crippen molar-refractivity contribution in [1.29, 1.82) is 0 Å². The van der Waals surface area contributed by atoms with Crippen LogP contribution in [0.3, 0.4) is 0 Å². The van der Waals surface area contributed by atoms with Crippen molar-refractivity contribution in [3.8, 4) is 0 Å². The second-order valence-corrected chi connectivity index (χ2v) is 18.8. The van der Waals surface area contributed by atoms with Crippen molar-refractivity contribution in [2.75, 3.05) is 13.2 Å². The van der Waals surface area contributed by atoms with Crippen molar-refractivity contribution < 1.29 is 28.6 Å². The molecule has 6 heteroatoms.